The lowest BCUT2D eigenvalue weighted by Gasteiger charge is -2.38. The molecular weight excluding hydrogens is 294 g/mol. The van der Waals surface area contributed by atoms with E-state index in [-0.39, 0.29) is 18.3 Å². The number of aliphatic hydroxyl groups is 1. The lowest BCUT2D eigenvalue weighted by Crippen LogP contribution is -2.48. The zero-order valence-corrected chi connectivity index (χ0v) is 14.0. The van der Waals surface area contributed by atoms with Gasteiger partial charge in [-0.3, -0.25) is 4.79 Å². The molecule has 0 radical (unpaired) electrons. The third-order valence-corrected chi connectivity index (χ3v) is 3.93. The van der Waals surface area contributed by atoms with E-state index >= 15 is 0 Å². The van der Waals surface area contributed by atoms with Crippen LogP contribution in [0.25, 0.3) is 0 Å². The average molecular weight is 319 g/mol. The fourth-order valence-electron chi connectivity index (χ4n) is 2.63. The zero-order valence-electron chi connectivity index (χ0n) is 14.0. The van der Waals surface area contributed by atoms with Crippen LogP contribution in [0.2, 0.25) is 0 Å². The molecule has 0 unspecified atom stereocenters. The molecule has 1 aromatic rings. The SMILES string of the molecule is CC(C)(C)OC(=O)N1CCC(O)(CC(=O)c2ccccc2)CC1. The standard InChI is InChI=1S/C18H25NO4/c1-17(2,3)23-16(21)19-11-9-18(22,10-12-19)13-15(20)14-7-5-4-6-8-14/h4-8,22H,9-13H2,1-3H3. The predicted molar refractivity (Wildman–Crippen MR) is 87.4 cm³/mol. The number of piperidine rings is 1. The maximum Gasteiger partial charge on any atom is 0.410 e. The highest BCUT2D eigenvalue weighted by molar-refractivity contribution is 5.96. The maximum atomic E-state index is 12.3. The summed E-state index contributed by atoms with van der Waals surface area (Å²) in [5, 5.41) is 10.6. The molecule has 126 valence electrons. The summed E-state index contributed by atoms with van der Waals surface area (Å²) in [7, 11) is 0. The molecule has 1 fully saturated rings. The first kappa shape index (κ1) is 17.5. The van der Waals surface area contributed by atoms with Gasteiger partial charge in [-0.15, -0.1) is 0 Å². The quantitative estimate of drug-likeness (QED) is 0.870. The van der Waals surface area contributed by atoms with Crippen LogP contribution in [0.15, 0.2) is 30.3 Å². The Hall–Kier alpha value is -1.88. The number of hydrogen-bond donors (Lipinski definition) is 1. The van der Waals surface area contributed by atoms with Gasteiger partial charge in [-0.25, -0.2) is 4.79 Å². The van der Waals surface area contributed by atoms with Gasteiger partial charge in [0.1, 0.15) is 5.60 Å². The van der Waals surface area contributed by atoms with Gasteiger partial charge in [-0.1, -0.05) is 30.3 Å². The largest absolute Gasteiger partial charge is 0.444 e. The van der Waals surface area contributed by atoms with Crippen molar-refractivity contribution in [1.82, 2.24) is 4.90 Å². The van der Waals surface area contributed by atoms with Crippen molar-refractivity contribution in [3.8, 4) is 0 Å². The molecule has 1 amide bonds. The van der Waals surface area contributed by atoms with E-state index in [0.29, 0.717) is 31.5 Å². The van der Waals surface area contributed by atoms with Gasteiger partial charge in [0, 0.05) is 25.1 Å². The molecule has 1 aromatic carbocycles. The summed E-state index contributed by atoms with van der Waals surface area (Å²) in [6.07, 6.45) is 0.475. The number of ketones is 1. The van der Waals surface area contributed by atoms with E-state index in [1.807, 2.05) is 39.0 Å². The van der Waals surface area contributed by atoms with Gasteiger partial charge in [0.15, 0.2) is 5.78 Å². The molecule has 0 saturated carbocycles. The van der Waals surface area contributed by atoms with Crippen LogP contribution in [0.1, 0.15) is 50.4 Å². The van der Waals surface area contributed by atoms with Crippen LogP contribution in [-0.4, -0.2) is 46.2 Å². The van der Waals surface area contributed by atoms with Gasteiger partial charge in [0.25, 0.3) is 0 Å². The van der Waals surface area contributed by atoms with Gasteiger partial charge in [0.05, 0.1) is 5.60 Å². The van der Waals surface area contributed by atoms with Crippen LogP contribution in [-0.2, 0) is 4.74 Å². The molecule has 0 bridgehead atoms. The summed E-state index contributed by atoms with van der Waals surface area (Å²) in [5.74, 6) is -0.0705. The molecule has 2 rings (SSSR count). The van der Waals surface area contributed by atoms with Gasteiger partial charge in [-0.2, -0.15) is 0 Å². The van der Waals surface area contributed by atoms with E-state index in [9.17, 15) is 14.7 Å². The zero-order chi connectivity index (χ0) is 17.1. The molecule has 1 saturated heterocycles. The summed E-state index contributed by atoms with van der Waals surface area (Å²) in [6.45, 7) is 6.26. The lowest BCUT2D eigenvalue weighted by molar-refractivity contribution is -0.0321. The summed E-state index contributed by atoms with van der Waals surface area (Å²) >= 11 is 0. The smallest absolute Gasteiger partial charge is 0.410 e. The number of carbonyl (C=O) groups excluding carboxylic acids is 2. The van der Waals surface area contributed by atoms with E-state index in [1.54, 1.807) is 17.0 Å². The molecule has 5 heteroatoms. The van der Waals surface area contributed by atoms with Crippen molar-refractivity contribution < 1.29 is 19.4 Å². The molecule has 1 heterocycles. The predicted octanol–water partition coefficient (Wildman–Crippen LogP) is 3.02. The summed E-state index contributed by atoms with van der Waals surface area (Å²) in [5.41, 5.74) is -0.977. The molecule has 0 atom stereocenters. The first-order chi connectivity index (χ1) is 10.7. The first-order valence-corrected chi connectivity index (χ1v) is 7.97. The van der Waals surface area contributed by atoms with Gasteiger partial charge >= 0.3 is 6.09 Å². The van der Waals surface area contributed by atoms with Crippen molar-refractivity contribution in [2.24, 2.45) is 0 Å². The van der Waals surface area contributed by atoms with E-state index in [2.05, 4.69) is 0 Å². The third kappa shape index (κ3) is 5.06. The number of carbonyl (C=O) groups is 2. The van der Waals surface area contributed by atoms with E-state index in [0.717, 1.165) is 0 Å². The minimum Gasteiger partial charge on any atom is -0.444 e. The van der Waals surface area contributed by atoms with Crippen molar-refractivity contribution in [3.63, 3.8) is 0 Å². The summed E-state index contributed by atoms with van der Waals surface area (Å²) in [4.78, 5) is 25.9. The van der Waals surface area contributed by atoms with Crippen molar-refractivity contribution >= 4 is 11.9 Å². The monoisotopic (exact) mass is 319 g/mol. The highest BCUT2D eigenvalue weighted by Gasteiger charge is 2.37. The lowest BCUT2D eigenvalue weighted by atomic mass is 9.85. The number of nitrogens with zero attached hydrogens (tertiary/aromatic N) is 1. The molecular formula is C18H25NO4. The molecule has 1 aliphatic heterocycles. The summed E-state index contributed by atoms with van der Waals surface area (Å²) in [6, 6.07) is 8.97. The Morgan fingerprint density at radius 3 is 2.26 bits per heavy atom. The Morgan fingerprint density at radius 2 is 1.74 bits per heavy atom. The van der Waals surface area contributed by atoms with E-state index in [1.165, 1.54) is 0 Å². The van der Waals surface area contributed by atoms with Crippen LogP contribution in [0, 0.1) is 0 Å². The number of ether oxygens (including phenoxy) is 1. The first-order valence-electron chi connectivity index (χ1n) is 7.97. The van der Waals surface area contributed by atoms with Crippen LogP contribution in [0.4, 0.5) is 4.79 Å². The Labute approximate surface area is 137 Å². The molecule has 0 aromatic heterocycles. The fraction of sp³-hybridized carbons (Fsp3) is 0.556. The van der Waals surface area contributed by atoms with Crippen LogP contribution >= 0.6 is 0 Å². The van der Waals surface area contributed by atoms with Crippen LogP contribution in [0.5, 0.6) is 0 Å². The highest BCUT2D eigenvalue weighted by atomic mass is 16.6. The topological polar surface area (TPSA) is 66.8 Å². The average Bonchev–Trinajstić information content (AvgIpc) is 2.46. The number of amides is 1. The molecule has 5 nitrogen and oxygen atoms in total. The minimum absolute atomic E-state index is 0.0705. The van der Waals surface area contributed by atoms with Crippen LogP contribution < -0.4 is 0 Å². The Morgan fingerprint density at radius 1 is 1.17 bits per heavy atom. The van der Waals surface area contributed by atoms with Crippen molar-refractivity contribution in [2.75, 3.05) is 13.1 Å². The number of hydrogen-bond acceptors (Lipinski definition) is 4. The highest BCUT2D eigenvalue weighted by Crippen LogP contribution is 2.28. The molecule has 0 aliphatic carbocycles. The molecule has 1 aliphatic rings. The minimum atomic E-state index is -1.05. The second kappa shape index (κ2) is 6.71. The Balaban J connectivity index is 1.90. The second-order valence-corrected chi connectivity index (χ2v) is 7.16. The number of rotatable bonds is 3. The van der Waals surface area contributed by atoms with Gasteiger partial charge in [-0.05, 0) is 33.6 Å². The Bertz CT molecular complexity index is 554. The van der Waals surface area contributed by atoms with Crippen molar-refractivity contribution in [2.45, 2.75) is 51.2 Å². The van der Waals surface area contributed by atoms with E-state index < -0.39 is 11.2 Å². The van der Waals surface area contributed by atoms with Crippen molar-refractivity contribution in [1.29, 1.82) is 0 Å². The molecule has 0 spiro atoms. The number of benzene rings is 1. The van der Waals surface area contributed by atoms with E-state index in [4.69, 9.17) is 4.74 Å². The van der Waals surface area contributed by atoms with Gasteiger partial charge in [0.2, 0.25) is 0 Å². The third-order valence-electron chi connectivity index (χ3n) is 3.93. The second-order valence-electron chi connectivity index (χ2n) is 7.16. The maximum absolute atomic E-state index is 12.3. The fourth-order valence-corrected chi connectivity index (χ4v) is 2.63. The number of likely N-dealkylation sites (tertiary alicyclic amines) is 1. The molecule has 23 heavy (non-hydrogen) atoms. The van der Waals surface area contributed by atoms with Gasteiger partial charge < -0.3 is 14.7 Å². The van der Waals surface area contributed by atoms with Crippen LogP contribution in [0.3, 0.4) is 0 Å². The summed E-state index contributed by atoms with van der Waals surface area (Å²) < 4.78 is 5.33. The van der Waals surface area contributed by atoms with Crippen molar-refractivity contribution in [3.05, 3.63) is 35.9 Å². The number of Topliss-reactive ketones (excluding diaryl/α,β-unsaturated/α-hetero) is 1. The Kier molecular flexibility index (Phi) is 5.09. The normalized spacial score (nSPS) is 17.7. The molecule has 1 N–H and O–H groups in total.